The van der Waals surface area contributed by atoms with Crippen LogP contribution in [0.4, 0.5) is 10.3 Å². The van der Waals surface area contributed by atoms with Crippen molar-refractivity contribution in [1.29, 1.82) is 0 Å². The molecule has 0 radical (unpaired) electrons. The predicted octanol–water partition coefficient (Wildman–Crippen LogP) is 5.02. The molecule has 6 nitrogen and oxygen atoms in total. The maximum atomic E-state index is 13.0. The number of benzene rings is 2. The van der Waals surface area contributed by atoms with Crippen LogP contribution in [-0.2, 0) is 6.54 Å². The molecule has 2 heterocycles. The van der Waals surface area contributed by atoms with E-state index in [-0.39, 0.29) is 5.91 Å². The Morgan fingerprint density at radius 2 is 1.93 bits per heavy atom. The van der Waals surface area contributed by atoms with Crippen LogP contribution >= 0.6 is 22.7 Å². The highest BCUT2D eigenvalue weighted by atomic mass is 32.1. The fourth-order valence-corrected chi connectivity index (χ4v) is 4.12. The van der Waals surface area contributed by atoms with Crippen molar-refractivity contribution in [3.8, 4) is 5.75 Å². The number of aromatic nitrogens is 2. The van der Waals surface area contributed by atoms with Gasteiger partial charge in [-0.3, -0.25) is 10.1 Å². The third-order valence-corrected chi connectivity index (χ3v) is 5.73. The maximum absolute atomic E-state index is 13.0. The van der Waals surface area contributed by atoms with Crippen LogP contribution in [0, 0.1) is 0 Å². The van der Waals surface area contributed by atoms with E-state index in [1.54, 1.807) is 11.3 Å². The number of ether oxygens (including phenoxy) is 1. The highest BCUT2D eigenvalue weighted by Gasteiger charge is 2.18. The van der Waals surface area contributed by atoms with Crippen LogP contribution in [0.1, 0.15) is 22.2 Å². The monoisotopic (exact) mass is 410 g/mol. The lowest BCUT2D eigenvalue weighted by Gasteiger charge is -2.12. The van der Waals surface area contributed by atoms with Crippen molar-refractivity contribution in [2.75, 3.05) is 17.2 Å². The number of hydrogen-bond donors (Lipinski definition) is 2. The van der Waals surface area contributed by atoms with Crippen molar-refractivity contribution in [1.82, 2.24) is 10.2 Å². The Balaban J connectivity index is 1.54. The fraction of sp³-hybridized carbons (Fsp3) is 0.150. The number of carbonyl (C=O) groups excluding carboxylic acids is 1. The van der Waals surface area contributed by atoms with Gasteiger partial charge in [0.2, 0.25) is 10.3 Å². The summed E-state index contributed by atoms with van der Waals surface area (Å²) in [7, 11) is 0. The van der Waals surface area contributed by atoms with Crippen molar-refractivity contribution in [3.05, 3.63) is 64.4 Å². The van der Waals surface area contributed by atoms with Crippen LogP contribution < -0.4 is 15.4 Å². The van der Waals surface area contributed by atoms with Crippen molar-refractivity contribution in [2.24, 2.45) is 0 Å². The van der Waals surface area contributed by atoms with Gasteiger partial charge in [0.15, 0.2) is 0 Å². The summed E-state index contributed by atoms with van der Waals surface area (Å²) in [5.41, 5.74) is 0.503. The second kappa shape index (κ2) is 8.37. The Kier molecular flexibility index (Phi) is 5.50. The number of nitrogens with one attached hydrogen (secondary N) is 2. The summed E-state index contributed by atoms with van der Waals surface area (Å²) < 4.78 is 5.68. The minimum Gasteiger partial charge on any atom is -0.493 e. The van der Waals surface area contributed by atoms with Gasteiger partial charge in [-0.1, -0.05) is 47.7 Å². The highest BCUT2D eigenvalue weighted by Crippen LogP contribution is 2.30. The van der Waals surface area contributed by atoms with Crippen LogP contribution in [0.15, 0.2) is 53.9 Å². The summed E-state index contributed by atoms with van der Waals surface area (Å²) in [4.78, 5) is 14.2. The second-order valence-corrected chi connectivity index (χ2v) is 7.90. The third-order valence-electron chi connectivity index (χ3n) is 4.06. The Bertz CT molecular complexity index is 1090. The van der Waals surface area contributed by atoms with Crippen LogP contribution in [0.5, 0.6) is 5.75 Å². The number of fused-ring (bicyclic) bond motifs is 1. The first-order valence-electron chi connectivity index (χ1n) is 8.80. The summed E-state index contributed by atoms with van der Waals surface area (Å²) in [6.45, 7) is 3.05. The lowest BCUT2D eigenvalue weighted by Crippen LogP contribution is -2.14. The number of nitrogens with zero attached hydrogens (tertiary/aromatic N) is 2. The molecule has 28 heavy (non-hydrogen) atoms. The van der Waals surface area contributed by atoms with E-state index in [1.807, 2.05) is 54.8 Å². The standard InChI is InChI=1S/C20H18N4O2S2/c1-2-26-16-10-9-13-6-3-4-8-15(13)17(16)18(25)22-20-24-23-19(28-20)21-12-14-7-5-11-27-14/h3-11H,2,12H2,1H3,(H,21,23)(H,22,24,25). The van der Waals surface area contributed by atoms with Gasteiger partial charge in [0.1, 0.15) is 5.75 Å². The van der Waals surface area contributed by atoms with Gasteiger partial charge in [-0.25, -0.2) is 0 Å². The van der Waals surface area contributed by atoms with Gasteiger partial charge >= 0.3 is 0 Å². The normalized spacial score (nSPS) is 10.8. The Morgan fingerprint density at radius 1 is 1.07 bits per heavy atom. The first-order chi connectivity index (χ1) is 13.7. The average Bonchev–Trinajstić information content (AvgIpc) is 3.38. The van der Waals surface area contributed by atoms with Gasteiger partial charge in [-0.2, -0.15) is 0 Å². The SMILES string of the molecule is CCOc1ccc2ccccc2c1C(=O)Nc1nnc(NCc2cccs2)s1. The summed E-state index contributed by atoms with van der Waals surface area (Å²) in [6, 6.07) is 15.6. The summed E-state index contributed by atoms with van der Waals surface area (Å²) in [6.07, 6.45) is 0. The average molecular weight is 411 g/mol. The maximum Gasteiger partial charge on any atom is 0.261 e. The Hall–Kier alpha value is -2.97. The van der Waals surface area contributed by atoms with E-state index in [2.05, 4.69) is 26.9 Å². The van der Waals surface area contributed by atoms with Gasteiger partial charge in [-0.15, -0.1) is 21.5 Å². The van der Waals surface area contributed by atoms with E-state index >= 15 is 0 Å². The summed E-state index contributed by atoms with van der Waals surface area (Å²) in [5, 5.41) is 19.2. The molecule has 4 rings (SSSR count). The molecule has 0 unspecified atom stereocenters. The number of hydrogen-bond acceptors (Lipinski definition) is 7. The molecule has 0 saturated carbocycles. The number of rotatable bonds is 7. The Morgan fingerprint density at radius 3 is 2.75 bits per heavy atom. The number of carbonyl (C=O) groups is 1. The van der Waals surface area contributed by atoms with Crippen LogP contribution in [0.25, 0.3) is 10.8 Å². The molecule has 2 aromatic heterocycles. The van der Waals surface area contributed by atoms with E-state index in [0.717, 1.165) is 10.8 Å². The van der Waals surface area contributed by atoms with Gasteiger partial charge in [0.05, 0.1) is 18.7 Å². The number of anilines is 2. The van der Waals surface area contributed by atoms with Gasteiger partial charge in [0.25, 0.3) is 5.91 Å². The molecule has 0 atom stereocenters. The lowest BCUT2D eigenvalue weighted by atomic mass is 10.0. The molecule has 0 fully saturated rings. The molecule has 1 amide bonds. The molecule has 2 N–H and O–H groups in total. The van der Waals surface area contributed by atoms with Crippen LogP contribution in [0.2, 0.25) is 0 Å². The topological polar surface area (TPSA) is 76.1 Å². The smallest absolute Gasteiger partial charge is 0.261 e. The van der Waals surface area contributed by atoms with Crippen LogP contribution in [-0.4, -0.2) is 22.7 Å². The highest BCUT2D eigenvalue weighted by molar-refractivity contribution is 7.19. The van der Waals surface area contributed by atoms with E-state index in [0.29, 0.717) is 34.7 Å². The van der Waals surface area contributed by atoms with Crippen molar-refractivity contribution in [3.63, 3.8) is 0 Å². The predicted molar refractivity (Wildman–Crippen MR) is 115 cm³/mol. The molecule has 142 valence electrons. The van der Waals surface area contributed by atoms with Gasteiger partial charge in [0, 0.05) is 4.88 Å². The zero-order valence-electron chi connectivity index (χ0n) is 15.1. The number of amides is 1. The molecule has 2 aromatic carbocycles. The van der Waals surface area contributed by atoms with Crippen molar-refractivity contribution in [2.45, 2.75) is 13.5 Å². The van der Waals surface area contributed by atoms with E-state index in [4.69, 9.17) is 4.74 Å². The van der Waals surface area contributed by atoms with Gasteiger partial charge in [-0.05, 0) is 35.2 Å². The van der Waals surface area contributed by atoms with Crippen molar-refractivity contribution < 1.29 is 9.53 Å². The summed E-state index contributed by atoms with van der Waals surface area (Å²) in [5.74, 6) is 0.292. The molecule has 0 aliphatic rings. The minimum absolute atomic E-state index is 0.263. The molecule has 0 spiro atoms. The largest absolute Gasteiger partial charge is 0.493 e. The second-order valence-electron chi connectivity index (χ2n) is 5.89. The fourth-order valence-electron chi connectivity index (χ4n) is 2.84. The third kappa shape index (κ3) is 3.97. The van der Waals surface area contributed by atoms with E-state index in [9.17, 15) is 4.79 Å². The van der Waals surface area contributed by atoms with Crippen LogP contribution in [0.3, 0.4) is 0 Å². The molecule has 8 heteroatoms. The molecule has 0 saturated heterocycles. The zero-order valence-corrected chi connectivity index (χ0v) is 16.8. The molecule has 0 bridgehead atoms. The molecular formula is C20H18N4O2S2. The van der Waals surface area contributed by atoms with Crippen molar-refractivity contribution >= 4 is 49.6 Å². The quantitative estimate of drug-likeness (QED) is 0.448. The zero-order chi connectivity index (χ0) is 19.3. The molecule has 4 aromatic rings. The number of thiophene rings is 1. The van der Waals surface area contributed by atoms with Gasteiger partial charge < -0.3 is 10.1 Å². The molecular weight excluding hydrogens is 392 g/mol. The first-order valence-corrected chi connectivity index (χ1v) is 10.5. The minimum atomic E-state index is -0.263. The molecule has 0 aliphatic heterocycles. The summed E-state index contributed by atoms with van der Waals surface area (Å²) >= 11 is 2.98. The van der Waals surface area contributed by atoms with E-state index in [1.165, 1.54) is 16.2 Å². The van der Waals surface area contributed by atoms with E-state index < -0.39 is 0 Å². The molecule has 0 aliphatic carbocycles. The lowest BCUT2D eigenvalue weighted by molar-refractivity contribution is 0.102. The Labute approximate surface area is 170 Å². The first kappa shape index (κ1) is 18.4.